The summed E-state index contributed by atoms with van der Waals surface area (Å²) in [6.45, 7) is 26.5. The van der Waals surface area contributed by atoms with Crippen molar-refractivity contribution in [1.29, 1.82) is 0 Å². The van der Waals surface area contributed by atoms with Crippen molar-refractivity contribution >= 4 is 11.8 Å². The van der Waals surface area contributed by atoms with Gasteiger partial charge in [-0.2, -0.15) is 0 Å². The molecular formula is C45H90N2O3. The third kappa shape index (κ3) is 20.8. The number of nitrogens with zero attached hydrogens (tertiary/aromatic N) is 1. The molecule has 1 unspecified atom stereocenters. The number of rotatable bonds is 34. The average Bonchev–Trinajstić information content (AvgIpc) is 3.05. The summed E-state index contributed by atoms with van der Waals surface area (Å²) >= 11 is 0. The summed E-state index contributed by atoms with van der Waals surface area (Å²) in [6, 6.07) is 0. The van der Waals surface area contributed by atoms with E-state index in [1.807, 2.05) is 6.92 Å². The summed E-state index contributed by atoms with van der Waals surface area (Å²) in [5, 5.41) is 3.16. The second-order valence-corrected chi connectivity index (χ2v) is 17.9. The van der Waals surface area contributed by atoms with Crippen molar-refractivity contribution in [3.8, 4) is 0 Å². The molecule has 1 N–H and O–H groups in total. The first-order chi connectivity index (χ1) is 23.7. The van der Waals surface area contributed by atoms with Gasteiger partial charge in [0.25, 0.3) is 0 Å². The highest BCUT2D eigenvalue weighted by Crippen LogP contribution is 2.45. The van der Waals surface area contributed by atoms with E-state index in [1.54, 1.807) is 0 Å². The molecule has 0 heterocycles. The molecule has 0 aromatic rings. The van der Waals surface area contributed by atoms with Gasteiger partial charge in [-0.1, -0.05) is 177 Å². The molecule has 5 heteroatoms. The van der Waals surface area contributed by atoms with Crippen LogP contribution in [0.15, 0.2) is 0 Å². The van der Waals surface area contributed by atoms with E-state index >= 15 is 4.79 Å². The van der Waals surface area contributed by atoms with Crippen molar-refractivity contribution < 1.29 is 14.3 Å². The molecule has 50 heavy (non-hydrogen) atoms. The second-order valence-electron chi connectivity index (χ2n) is 17.9. The highest BCUT2D eigenvalue weighted by molar-refractivity contribution is 5.83. The lowest BCUT2D eigenvalue weighted by Crippen LogP contribution is -2.64. The zero-order valence-electron chi connectivity index (χ0n) is 36.0. The normalized spacial score (nSPS) is 13.7. The van der Waals surface area contributed by atoms with E-state index in [4.69, 9.17) is 4.74 Å². The topological polar surface area (TPSA) is 58.6 Å². The van der Waals surface area contributed by atoms with Gasteiger partial charge >= 0.3 is 0 Å². The SMILES string of the molecule is CCCCCCCC(C)(CCCCCC)N(C(=O)C(C)(C)CC(C)(C)CNC(=O)CCOCC)C(C)(CCCCCCC)CCCCCCC. The number of ether oxygens (including phenoxy) is 1. The van der Waals surface area contributed by atoms with Crippen LogP contribution in [0.25, 0.3) is 0 Å². The number of hydrogen-bond acceptors (Lipinski definition) is 3. The summed E-state index contributed by atoms with van der Waals surface area (Å²) in [7, 11) is 0. The van der Waals surface area contributed by atoms with Crippen molar-refractivity contribution in [3.05, 3.63) is 0 Å². The third-order valence-corrected chi connectivity index (χ3v) is 11.2. The number of nitrogens with one attached hydrogen (secondary N) is 1. The van der Waals surface area contributed by atoms with Gasteiger partial charge in [0.05, 0.1) is 6.61 Å². The van der Waals surface area contributed by atoms with Crippen molar-refractivity contribution in [2.45, 2.75) is 248 Å². The summed E-state index contributed by atoms with van der Waals surface area (Å²) in [5.41, 5.74) is -1.13. The standard InChI is InChI=1S/C45H90N2O3/c1-12-17-21-25-29-34-44(10,33-28-24-20-15-4)47(45(11,35-30-26-22-18-13-2)36-31-27-23-19-14-3)41(49)43(8,9)38-42(6,7)39-46-40(48)32-37-50-16-5/h12-39H2,1-11H3,(H,46,48). The van der Waals surface area contributed by atoms with Crippen LogP contribution in [0, 0.1) is 10.8 Å². The average molecular weight is 707 g/mol. The highest BCUT2D eigenvalue weighted by atomic mass is 16.5. The molecule has 0 aliphatic rings. The molecule has 0 saturated carbocycles. The quantitative estimate of drug-likeness (QED) is 0.0678. The van der Waals surface area contributed by atoms with Gasteiger partial charge in [-0.3, -0.25) is 9.59 Å². The van der Waals surface area contributed by atoms with E-state index in [9.17, 15) is 4.79 Å². The summed E-state index contributed by atoms with van der Waals surface area (Å²) < 4.78 is 5.41. The van der Waals surface area contributed by atoms with Gasteiger partial charge in [0.1, 0.15) is 0 Å². The van der Waals surface area contributed by atoms with Crippen LogP contribution in [0.3, 0.4) is 0 Å². The van der Waals surface area contributed by atoms with E-state index in [2.05, 4.69) is 79.5 Å². The van der Waals surface area contributed by atoms with Crippen molar-refractivity contribution in [1.82, 2.24) is 10.2 Å². The maximum absolute atomic E-state index is 15.6. The van der Waals surface area contributed by atoms with Crippen LogP contribution in [0.5, 0.6) is 0 Å². The lowest BCUT2D eigenvalue weighted by atomic mass is 9.71. The van der Waals surface area contributed by atoms with E-state index in [-0.39, 0.29) is 22.4 Å². The molecule has 1 atom stereocenters. The molecule has 0 rings (SSSR count). The minimum absolute atomic E-state index is 0.0266. The van der Waals surface area contributed by atoms with Gasteiger partial charge in [-0.15, -0.1) is 0 Å². The van der Waals surface area contributed by atoms with E-state index in [0.29, 0.717) is 32.1 Å². The van der Waals surface area contributed by atoms with Gasteiger partial charge < -0.3 is 15.0 Å². The number of unbranched alkanes of at least 4 members (excludes halogenated alkanes) is 15. The Balaban J connectivity index is 6.73. The van der Waals surface area contributed by atoms with Gasteiger partial charge in [0.15, 0.2) is 0 Å². The Kier molecular flexibility index (Phi) is 26.9. The lowest BCUT2D eigenvalue weighted by Gasteiger charge is -2.55. The zero-order chi connectivity index (χ0) is 37.9. The van der Waals surface area contributed by atoms with Crippen molar-refractivity contribution in [2.24, 2.45) is 10.8 Å². The Hall–Kier alpha value is -1.10. The molecule has 0 bridgehead atoms. The van der Waals surface area contributed by atoms with Crippen LogP contribution in [0.2, 0.25) is 0 Å². The van der Waals surface area contributed by atoms with Crippen molar-refractivity contribution in [2.75, 3.05) is 19.8 Å². The van der Waals surface area contributed by atoms with Crippen LogP contribution >= 0.6 is 0 Å². The molecule has 0 saturated heterocycles. The summed E-state index contributed by atoms with van der Waals surface area (Å²) in [5.74, 6) is 0.364. The molecule has 5 nitrogen and oxygen atoms in total. The second kappa shape index (κ2) is 27.5. The Morgan fingerprint density at radius 2 is 0.900 bits per heavy atom. The fourth-order valence-corrected chi connectivity index (χ4v) is 8.47. The lowest BCUT2D eigenvalue weighted by molar-refractivity contribution is -0.160. The van der Waals surface area contributed by atoms with Gasteiger partial charge in [0.2, 0.25) is 11.8 Å². The highest BCUT2D eigenvalue weighted by Gasteiger charge is 2.50. The molecule has 2 amide bonds. The monoisotopic (exact) mass is 707 g/mol. The van der Waals surface area contributed by atoms with Crippen LogP contribution < -0.4 is 5.32 Å². The van der Waals surface area contributed by atoms with Crippen LogP contribution in [-0.2, 0) is 14.3 Å². The van der Waals surface area contributed by atoms with E-state index < -0.39 is 5.41 Å². The molecular weight excluding hydrogens is 617 g/mol. The maximum atomic E-state index is 15.6. The Morgan fingerprint density at radius 1 is 0.540 bits per heavy atom. The molecule has 0 fully saturated rings. The van der Waals surface area contributed by atoms with Crippen LogP contribution in [-0.4, -0.2) is 47.6 Å². The molecule has 0 aromatic heterocycles. The van der Waals surface area contributed by atoms with Crippen LogP contribution in [0.4, 0.5) is 0 Å². The first kappa shape index (κ1) is 48.9. The van der Waals surface area contributed by atoms with E-state index in [0.717, 1.165) is 32.1 Å². The maximum Gasteiger partial charge on any atom is 0.229 e. The molecule has 0 aromatic carbocycles. The Bertz CT molecular complexity index is 839. The molecule has 0 aliphatic carbocycles. The fraction of sp³-hybridized carbons (Fsp3) is 0.956. The number of carbonyl (C=O) groups is 2. The minimum atomic E-state index is -0.557. The third-order valence-electron chi connectivity index (χ3n) is 11.2. The van der Waals surface area contributed by atoms with Gasteiger partial charge in [0, 0.05) is 36.1 Å². The van der Waals surface area contributed by atoms with E-state index in [1.165, 1.54) is 122 Å². The first-order valence-corrected chi connectivity index (χ1v) is 21.9. The minimum Gasteiger partial charge on any atom is -0.381 e. The predicted molar refractivity (Wildman–Crippen MR) is 219 cm³/mol. The largest absolute Gasteiger partial charge is 0.381 e. The number of amides is 2. The summed E-state index contributed by atoms with van der Waals surface area (Å²) in [6.07, 6.45) is 29.3. The number of hydrogen-bond donors (Lipinski definition) is 1. The number of carbonyl (C=O) groups excluding carboxylic acids is 2. The smallest absolute Gasteiger partial charge is 0.229 e. The van der Waals surface area contributed by atoms with Gasteiger partial charge in [-0.25, -0.2) is 0 Å². The summed E-state index contributed by atoms with van der Waals surface area (Å²) in [4.78, 5) is 30.7. The molecule has 0 radical (unpaired) electrons. The van der Waals surface area contributed by atoms with Gasteiger partial charge in [-0.05, 0) is 58.3 Å². The zero-order valence-corrected chi connectivity index (χ0v) is 36.0. The Labute approximate surface area is 314 Å². The molecule has 0 spiro atoms. The molecule has 298 valence electrons. The Morgan fingerprint density at radius 3 is 1.26 bits per heavy atom. The first-order valence-electron chi connectivity index (χ1n) is 21.9. The van der Waals surface area contributed by atoms with Crippen LogP contribution in [0.1, 0.15) is 237 Å². The molecule has 0 aliphatic heterocycles. The van der Waals surface area contributed by atoms with Crippen molar-refractivity contribution in [3.63, 3.8) is 0 Å². The fourth-order valence-electron chi connectivity index (χ4n) is 8.47. The predicted octanol–water partition coefficient (Wildman–Crippen LogP) is 13.4.